The Morgan fingerprint density at radius 1 is 0.789 bits per heavy atom. The van der Waals surface area contributed by atoms with Gasteiger partial charge in [0, 0.05) is 6.42 Å². The molecule has 1 heteroatoms. The van der Waals surface area contributed by atoms with Gasteiger partial charge in [0.25, 0.3) is 0 Å². The summed E-state index contributed by atoms with van der Waals surface area (Å²) in [6.45, 7) is 6.36. The van der Waals surface area contributed by atoms with Gasteiger partial charge in [-0.15, -0.1) is 0 Å². The normalized spacial score (nSPS) is 12.6. The first-order valence-corrected chi connectivity index (χ1v) is 8.66. The Kier molecular flexibility index (Phi) is 13.8. The summed E-state index contributed by atoms with van der Waals surface area (Å²) in [5.41, 5.74) is 0. The van der Waals surface area contributed by atoms with Gasteiger partial charge in [-0.2, -0.15) is 0 Å². The Morgan fingerprint density at radius 3 is 1.63 bits per heavy atom. The predicted octanol–water partition coefficient (Wildman–Crippen LogP) is 6.30. The van der Waals surface area contributed by atoms with Crippen LogP contribution in [0.1, 0.15) is 104 Å². The maximum Gasteiger partial charge on any atom is 0.129 e. The van der Waals surface area contributed by atoms with E-state index in [1.807, 2.05) is 0 Å². The van der Waals surface area contributed by atoms with Crippen LogP contribution in [-0.2, 0) is 4.79 Å². The van der Waals surface area contributed by atoms with E-state index < -0.39 is 0 Å². The van der Waals surface area contributed by atoms with Crippen molar-refractivity contribution in [3.05, 3.63) is 0 Å². The highest BCUT2D eigenvalue weighted by atomic mass is 16.1. The topological polar surface area (TPSA) is 17.1 Å². The van der Waals surface area contributed by atoms with Crippen LogP contribution in [0.15, 0.2) is 0 Å². The molecule has 0 radical (unpaired) electrons. The molecular formula is C18H36O. The zero-order chi connectivity index (χ0) is 14.3. The molecule has 1 atom stereocenters. The van der Waals surface area contributed by atoms with Gasteiger partial charge in [0.15, 0.2) is 0 Å². The summed E-state index contributed by atoms with van der Waals surface area (Å²) in [6.07, 6.45) is 17.1. The minimum absolute atomic E-state index is 0.345. The third kappa shape index (κ3) is 15.6. The first-order valence-electron chi connectivity index (χ1n) is 8.66. The smallest absolute Gasteiger partial charge is 0.129 e. The van der Waals surface area contributed by atoms with Gasteiger partial charge < -0.3 is 4.79 Å². The quantitative estimate of drug-likeness (QED) is 0.338. The lowest BCUT2D eigenvalue weighted by atomic mass is 9.99. The minimum Gasteiger partial charge on any atom is -0.300 e. The fraction of sp³-hybridized carbons (Fsp3) is 0.944. The van der Waals surface area contributed by atoms with Crippen molar-refractivity contribution < 1.29 is 4.79 Å². The maximum atomic E-state index is 10.8. The monoisotopic (exact) mass is 268 g/mol. The average Bonchev–Trinajstić information content (AvgIpc) is 2.39. The van der Waals surface area contributed by atoms with E-state index in [9.17, 15) is 4.79 Å². The standard InChI is InChI=1S/C18H36O/c1-4-17(2)15-13-11-9-7-5-6-8-10-12-14-16-18(3)19/h17H,4-16H2,1-3H3. The number of carbonyl (C=O) groups is 1. The van der Waals surface area contributed by atoms with E-state index >= 15 is 0 Å². The number of carbonyl (C=O) groups excluding carboxylic acids is 1. The lowest BCUT2D eigenvalue weighted by Crippen LogP contribution is -1.91. The third-order valence-corrected chi connectivity index (χ3v) is 4.17. The highest BCUT2D eigenvalue weighted by Gasteiger charge is 1.98. The number of rotatable bonds is 14. The summed E-state index contributed by atoms with van der Waals surface area (Å²) in [5, 5.41) is 0. The Hall–Kier alpha value is -0.330. The molecule has 19 heavy (non-hydrogen) atoms. The highest BCUT2D eigenvalue weighted by molar-refractivity contribution is 5.75. The lowest BCUT2D eigenvalue weighted by molar-refractivity contribution is -0.117. The van der Waals surface area contributed by atoms with Crippen LogP contribution in [0.4, 0.5) is 0 Å². The number of ketones is 1. The fourth-order valence-corrected chi connectivity index (χ4v) is 2.49. The SMILES string of the molecule is CCC(C)CCCCCCCCCCCCC(C)=O. The largest absolute Gasteiger partial charge is 0.300 e. The van der Waals surface area contributed by atoms with Crippen LogP contribution in [0.5, 0.6) is 0 Å². The van der Waals surface area contributed by atoms with Crippen molar-refractivity contribution in [2.24, 2.45) is 5.92 Å². The van der Waals surface area contributed by atoms with Gasteiger partial charge in [0.05, 0.1) is 0 Å². The first kappa shape index (κ1) is 18.7. The van der Waals surface area contributed by atoms with E-state index in [0.29, 0.717) is 5.78 Å². The van der Waals surface area contributed by atoms with Crippen molar-refractivity contribution in [1.29, 1.82) is 0 Å². The zero-order valence-corrected chi connectivity index (χ0v) is 13.7. The Bertz CT molecular complexity index is 198. The highest BCUT2D eigenvalue weighted by Crippen LogP contribution is 2.15. The van der Waals surface area contributed by atoms with Gasteiger partial charge in [-0.25, -0.2) is 0 Å². The second-order valence-electron chi connectivity index (χ2n) is 6.29. The van der Waals surface area contributed by atoms with Crippen molar-refractivity contribution in [2.45, 2.75) is 104 Å². The van der Waals surface area contributed by atoms with Crippen LogP contribution in [0, 0.1) is 5.92 Å². The van der Waals surface area contributed by atoms with Crippen molar-refractivity contribution in [2.75, 3.05) is 0 Å². The first-order chi connectivity index (χ1) is 9.16. The molecule has 1 unspecified atom stereocenters. The van der Waals surface area contributed by atoms with E-state index in [1.54, 1.807) is 6.92 Å². The molecule has 0 aliphatic carbocycles. The van der Waals surface area contributed by atoms with Crippen molar-refractivity contribution in [1.82, 2.24) is 0 Å². The molecule has 0 aliphatic heterocycles. The molecule has 0 fully saturated rings. The Balaban J connectivity index is 3.01. The zero-order valence-electron chi connectivity index (χ0n) is 13.7. The summed E-state index contributed by atoms with van der Waals surface area (Å²) in [4.78, 5) is 10.8. The molecule has 1 nitrogen and oxygen atoms in total. The molecule has 0 saturated heterocycles. The summed E-state index contributed by atoms with van der Waals surface area (Å²) in [5.74, 6) is 1.27. The van der Waals surface area contributed by atoms with Crippen LogP contribution >= 0.6 is 0 Å². The Labute approximate surface area is 121 Å². The van der Waals surface area contributed by atoms with Crippen LogP contribution in [0.2, 0.25) is 0 Å². The van der Waals surface area contributed by atoms with Crippen molar-refractivity contribution in [3.63, 3.8) is 0 Å². The fourth-order valence-electron chi connectivity index (χ4n) is 2.49. The number of Topliss-reactive ketones (excluding diaryl/α,β-unsaturated/α-hetero) is 1. The second-order valence-corrected chi connectivity index (χ2v) is 6.29. The molecule has 0 aromatic heterocycles. The summed E-state index contributed by atoms with van der Waals surface area (Å²) >= 11 is 0. The van der Waals surface area contributed by atoms with Gasteiger partial charge in [-0.3, -0.25) is 0 Å². The average molecular weight is 268 g/mol. The molecule has 114 valence electrons. The van der Waals surface area contributed by atoms with E-state index in [2.05, 4.69) is 13.8 Å². The molecule has 0 aromatic carbocycles. The van der Waals surface area contributed by atoms with E-state index in [0.717, 1.165) is 18.8 Å². The molecular weight excluding hydrogens is 232 g/mol. The van der Waals surface area contributed by atoms with E-state index in [1.165, 1.54) is 70.6 Å². The molecule has 0 aliphatic rings. The molecule has 0 N–H and O–H groups in total. The van der Waals surface area contributed by atoms with E-state index in [4.69, 9.17) is 0 Å². The van der Waals surface area contributed by atoms with Crippen LogP contribution < -0.4 is 0 Å². The molecule has 0 bridgehead atoms. The molecule has 0 heterocycles. The van der Waals surface area contributed by atoms with Gasteiger partial charge >= 0.3 is 0 Å². The molecule has 0 rings (SSSR count). The lowest BCUT2D eigenvalue weighted by Gasteiger charge is -2.07. The van der Waals surface area contributed by atoms with Crippen LogP contribution in [0.3, 0.4) is 0 Å². The Morgan fingerprint density at radius 2 is 1.21 bits per heavy atom. The van der Waals surface area contributed by atoms with Crippen LogP contribution in [0.25, 0.3) is 0 Å². The maximum absolute atomic E-state index is 10.8. The third-order valence-electron chi connectivity index (χ3n) is 4.17. The van der Waals surface area contributed by atoms with Crippen molar-refractivity contribution in [3.8, 4) is 0 Å². The van der Waals surface area contributed by atoms with Gasteiger partial charge in [-0.1, -0.05) is 84.5 Å². The van der Waals surface area contributed by atoms with Gasteiger partial charge in [-0.05, 0) is 19.3 Å². The predicted molar refractivity (Wildman–Crippen MR) is 85.5 cm³/mol. The summed E-state index contributed by atoms with van der Waals surface area (Å²) in [6, 6.07) is 0. The number of hydrogen-bond acceptors (Lipinski definition) is 1. The molecule has 0 spiro atoms. The van der Waals surface area contributed by atoms with Crippen LogP contribution in [-0.4, -0.2) is 5.78 Å². The number of hydrogen-bond donors (Lipinski definition) is 0. The van der Waals surface area contributed by atoms with Crippen molar-refractivity contribution >= 4 is 5.78 Å². The summed E-state index contributed by atoms with van der Waals surface area (Å²) in [7, 11) is 0. The molecule has 0 amide bonds. The minimum atomic E-state index is 0.345. The van der Waals surface area contributed by atoms with Gasteiger partial charge in [0.1, 0.15) is 5.78 Å². The molecule has 0 saturated carbocycles. The van der Waals surface area contributed by atoms with E-state index in [-0.39, 0.29) is 0 Å². The summed E-state index contributed by atoms with van der Waals surface area (Å²) < 4.78 is 0. The second kappa shape index (κ2) is 14.1. The number of unbranched alkanes of at least 4 members (excludes halogenated alkanes) is 9. The van der Waals surface area contributed by atoms with Gasteiger partial charge in [0.2, 0.25) is 0 Å². The molecule has 0 aromatic rings.